The average molecular weight is 286 g/mol. The van der Waals surface area contributed by atoms with Gasteiger partial charge in [-0.1, -0.05) is 40.9 Å². The second-order valence-corrected chi connectivity index (χ2v) is 5.62. The molecule has 0 spiro atoms. The molecule has 0 unspecified atom stereocenters. The van der Waals surface area contributed by atoms with Crippen molar-refractivity contribution in [3.63, 3.8) is 0 Å². The molecule has 1 aliphatic carbocycles. The highest BCUT2D eigenvalue weighted by Gasteiger charge is 2.44. The van der Waals surface area contributed by atoms with Crippen LogP contribution in [-0.2, 0) is 9.47 Å². The smallest absolute Gasteiger partial charge is 0.408 e. The van der Waals surface area contributed by atoms with Crippen LogP contribution in [0.25, 0.3) is 0 Å². The maximum Gasteiger partial charge on any atom is 0.408 e. The summed E-state index contributed by atoms with van der Waals surface area (Å²) >= 11 is 16.4. The summed E-state index contributed by atoms with van der Waals surface area (Å²) in [5, 5.41) is 9.95. The van der Waals surface area contributed by atoms with Gasteiger partial charge < -0.3 is 14.8 Å². The molecule has 0 aromatic rings. The number of nitrogens with one attached hydrogen (secondary N) is 2. The lowest BCUT2D eigenvalue weighted by atomic mass is 10.2. The van der Waals surface area contributed by atoms with Crippen molar-refractivity contribution in [3.8, 4) is 0 Å². The average Bonchev–Trinajstić information content (AvgIpc) is 2.65. The minimum atomic E-state index is -1.91. The van der Waals surface area contributed by atoms with Gasteiger partial charge in [0, 0.05) is 0 Å². The summed E-state index contributed by atoms with van der Waals surface area (Å²) in [6.07, 6.45) is 1.73. The van der Waals surface area contributed by atoms with Crippen molar-refractivity contribution >= 4 is 46.8 Å². The Hall–Kier alpha value is -0.650. The van der Waals surface area contributed by atoms with E-state index in [1.807, 2.05) is 0 Å². The van der Waals surface area contributed by atoms with Crippen molar-refractivity contribution in [1.29, 1.82) is 5.41 Å². The van der Waals surface area contributed by atoms with Gasteiger partial charge in [0.25, 0.3) is 3.79 Å². The van der Waals surface area contributed by atoms with Gasteiger partial charge >= 0.3 is 6.09 Å². The number of hydrogen-bond donors (Lipinski definition) is 2. The highest BCUT2D eigenvalue weighted by Crippen LogP contribution is 2.31. The summed E-state index contributed by atoms with van der Waals surface area (Å²) in [5.74, 6) is -0.504. The van der Waals surface area contributed by atoms with E-state index in [1.165, 1.54) is 0 Å². The van der Waals surface area contributed by atoms with Crippen LogP contribution < -0.4 is 5.32 Å². The summed E-state index contributed by atoms with van der Waals surface area (Å²) in [5.41, 5.74) is 0. The maximum absolute atomic E-state index is 10.9. The third-order valence-corrected chi connectivity index (χ3v) is 2.74. The Bertz CT molecular complexity index is 366. The van der Waals surface area contributed by atoms with Crippen LogP contribution >= 0.6 is 34.8 Å². The van der Waals surface area contributed by atoms with Gasteiger partial charge in [-0.05, 0) is 6.08 Å². The van der Waals surface area contributed by atoms with E-state index in [1.54, 1.807) is 12.2 Å². The fraction of sp³-hybridized carbons (Fsp3) is 0.500. The van der Waals surface area contributed by atoms with E-state index in [0.717, 1.165) is 0 Å². The molecule has 1 saturated heterocycles. The zero-order chi connectivity index (χ0) is 11.9. The van der Waals surface area contributed by atoms with E-state index >= 15 is 0 Å². The lowest BCUT2D eigenvalue weighted by Gasteiger charge is -2.21. The fourth-order valence-corrected chi connectivity index (χ4v) is 1.66. The van der Waals surface area contributed by atoms with Crippen LogP contribution in [0, 0.1) is 5.41 Å². The largest absolute Gasteiger partial charge is 0.466 e. The Labute approximate surface area is 106 Å². The zero-order valence-electron chi connectivity index (χ0n) is 7.75. The Morgan fingerprint density at radius 2 is 2.19 bits per heavy atom. The van der Waals surface area contributed by atoms with Crippen LogP contribution in [-0.4, -0.2) is 34.0 Å². The monoisotopic (exact) mass is 284 g/mol. The Morgan fingerprint density at radius 3 is 2.81 bits per heavy atom. The Balaban J connectivity index is 2.00. The molecule has 1 heterocycles. The molecule has 0 aromatic carbocycles. The molecule has 2 N–H and O–H groups in total. The van der Waals surface area contributed by atoms with Crippen LogP contribution in [0.3, 0.4) is 0 Å². The Morgan fingerprint density at radius 1 is 1.50 bits per heavy atom. The maximum atomic E-state index is 10.9. The van der Waals surface area contributed by atoms with Gasteiger partial charge in [-0.15, -0.1) is 0 Å². The Kier molecular flexibility index (Phi) is 2.94. The van der Waals surface area contributed by atoms with Crippen molar-refractivity contribution < 1.29 is 14.3 Å². The molecule has 1 amide bonds. The SMILES string of the molecule is N=C(O[C@H]1C=C[C@@H]2NC(=O)O[C@@H]21)C(Cl)(Cl)Cl. The van der Waals surface area contributed by atoms with Gasteiger partial charge in [-0.3, -0.25) is 5.41 Å². The van der Waals surface area contributed by atoms with Crippen LogP contribution in [0.1, 0.15) is 0 Å². The van der Waals surface area contributed by atoms with Crippen molar-refractivity contribution in [2.45, 2.75) is 22.0 Å². The van der Waals surface area contributed by atoms with Crippen LogP contribution in [0.5, 0.6) is 0 Å². The number of ether oxygens (including phenoxy) is 2. The fourth-order valence-electron chi connectivity index (χ4n) is 1.53. The van der Waals surface area contributed by atoms with E-state index in [9.17, 15) is 4.79 Å². The second kappa shape index (κ2) is 3.98. The second-order valence-electron chi connectivity index (χ2n) is 3.33. The molecular formula is C8H7Cl3N2O3. The van der Waals surface area contributed by atoms with E-state index in [4.69, 9.17) is 49.7 Å². The van der Waals surface area contributed by atoms with Gasteiger partial charge in [0.15, 0.2) is 12.2 Å². The summed E-state index contributed by atoms with van der Waals surface area (Å²) in [4.78, 5) is 10.9. The first-order valence-corrected chi connectivity index (χ1v) is 5.49. The van der Waals surface area contributed by atoms with E-state index < -0.39 is 28.0 Å². The number of fused-ring (bicyclic) bond motifs is 1. The molecule has 2 rings (SSSR count). The number of rotatable bonds is 1. The molecule has 0 bridgehead atoms. The van der Waals surface area contributed by atoms with E-state index in [0.29, 0.717) is 0 Å². The third kappa shape index (κ3) is 2.21. The molecule has 0 aromatic heterocycles. The third-order valence-electron chi connectivity index (χ3n) is 2.22. The molecule has 1 fully saturated rings. The predicted octanol–water partition coefficient (Wildman–Crippen LogP) is 1.77. The minimum Gasteiger partial charge on any atom is -0.466 e. The quantitative estimate of drug-likeness (QED) is 0.334. The molecule has 1 aliphatic heterocycles. The number of hydrogen-bond acceptors (Lipinski definition) is 4. The van der Waals surface area contributed by atoms with E-state index in [-0.39, 0.29) is 6.04 Å². The van der Waals surface area contributed by atoms with Crippen molar-refractivity contribution in [2.24, 2.45) is 0 Å². The number of carbonyl (C=O) groups excluding carboxylic acids is 1. The highest BCUT2D eigenvalue weighted by atomic mass is 35.6. The lowest BCUT2D eigenvalue weighted by molar-refractivity contribution is 0.0638. The predicted molar refractivity (Wildman–Crippen MR) is 59.2 cm³/mol. The molecule has 0 radical (unpaired) electrons. The number of alkyl halides is 3. The van der Waals surface area contributed by atoms with Crippen LogP contribution in [0.15, 0.2) is 12.2 Å². The van der Waals surface area contributed by atoms with Crippen molar-refractivity contribution in [1.82, 2.24) is 5.32 Å². The molecule has 3 atom stereocenters. The van der Waals surface area contributed by atoms with Gasteiger partial charge in [-0.25, -0.2) is 4.79 Å². The summed E-state index contributed by atoms with van der Waals surface area (Å²) in [6, 6.07) is -0.249. The molecule has 8 heteroatoms. The standard InChI is InChI=1S/C8H7Cl3N2O3/c9-8(10,11)6(12)15-4-2-1-3-5(4)16-7(14)13-3/h1-5,12H,(H,13,14)/t3-,4-,5-/m0/s1. The topological polar surface area (TPSA) is 71.4 Å². The zero-order valence-corrected chi connectivity index (χ0v) is 10.0. The molecule has 16 heavy (non-hydrogen) atoms. The first kappa shape index (κ1) is 11.8. The molecular weight excluding hydrogens is 278 g/mol. The number of carbonyl (C=O) groups is 1. The number of alkyl carbamates (subject to hydrolysis) is 1. The van der Waals surface area contributed by atoms with Crippen molar-refractivity contribution in [3.05, 3.63) is 12.2 Å². The lowest BCUT2D eigenvalue weighted by Crippen LogP contribution is -2.36. The highest BCUT2D eigenvalue weighted by molar-refractivity contribution is 6.76. The minimum absolute atomic E-state index is 0.249. The van der Waals surface area contributed by atoms with Gasteiger partial charge in [-0.2, -0.15) is 0 Å². The number of amides is 1. The first-order chi connectivity index (χ1) is 7.38. The first-order valence-electron chi connectivity index (χ1n) is 4.36. The molecule has 2 aliphatic rings. The summed E-state index contributed by atoms with van der Waals surface area (Å²) in [7, 11) is 0. The van der Waals surface area contributed by atoms with Crippen LogP contribution in [0.4, 0.5) is 4.79 Å². The number of halogens is 3. The summed E-state index contributed by atoms with van der Waals surface area (Å²) < 4.78 is 8.15. The normalized spacial score (nSPS) is 31.9. The molecule has 0 saturated carbocycles. The molecule has 5 nitrogen and oxygen atoms in total. The van der Waals surface area contributed by atoms with E-state index in [2.05, 4.69) is 5.32 Å². The van der Waals surface area contributed by atoms with Crippen LogP contribution in [0.2, 0.25) is 0 Å². The van der Waals surface area contributed by atoms with Gasteiger partial charge in [0.05, 0.1) is 6.04 Å². The van der Waals surface area contributed by atoms with Gasteiger partial charge in [0.2, 0.25) is 5.90 Å². The molecule has 88 valence electrons. The summed E-state index contributed by atoms with van der Waals surface area (Å²) in [6.45, 7) is 0. The van der Waals surface area contributed by atoms with Crippen molar-refractivity contribution in [2.75, 3.05) is 0 Å². The van der Waals surface area contributed by atoms with Gasteiger partial charge in [0.1, 0.15) is 0 Å².